The van der Waals surface area contributed by atoms with Crippen LogP contribution in [0.4, 0.5) is 18.9 Å². The highest BCUT2D eigenvalue weighted by atomic mass is 127. The van der Waals surface area contributed by atoms with Crippen LogP contribution in [0.5, 0.6) is 5.75 Å². The Balaban J connectivity index is 2.72. The summed E-state index contributed by atoms with van der Waals surface area (Å²) in [6.07, 6.45) is -4.43. The van der Waals surface area contributed by atoms with E-state index >= 15 is 0 Å². The zero-order chi connectivity index (χ0) is 14.4. The van der Waals surface area contributed by atoms with Crippen LogP contribution in [0.1, 0.15) is 0 Å². The van der Waals surface area contributed by atoms with Crippen molar-refractivity contribution in [2.75, 3.05) is 0 Å². The van der Waals surface area contributed by atoms with Gasteiger partial charge in [0.15, 0.2) is 5.75 Å². The molecule has 9 heteroatoms. The summed E-state index contributed by atoms with van der Waals surface area (Å²) in [5.41, 5.74) is -0.525. The average molecular weight is 386 g/mol. The lowest BCUT2D eigenvalue weighted by atomic mass is 10.2. The molecule has 0 radical (unpaired) electrons. The molecule has 2 rings (SSSR count). The molecule has 0 aliphatic rings. The van der Waals surface area contributed by atoms with Gasteiger partial charge in [0.05, 0.1) is 19.5 Å². The summed E-state index contributed by atoms with van der Waals surface area (Å²) in [7, 11) is 0. The van der Waals surface area contributed by atoms with Gasteiger partial charge in [-0.1, -0.05) is 0 Å². The number of aromatic hydroxyl groups is 1. The van der Waals surface area contributed by atoms with Crippen molar-refractivity contribution in [1.82, 2.24) is 4.57 Å². The van der Waals surface area contributed by atoms with E-state index in [-0.39, 0.29) is 14.6 Å². The molecule has 0 aliphatic heterocycles. The van der Waals surface area contributed by atoms with Crippen LogP contribution in [0.3, 0.4) is 0 Å². The van der Waals surface area contributed by atoms with Crippen molar-refractivity contribution >= 4 is 39.2 Å². The lowest BCUT2D eigenvalue weighted by Gasteiger charge is -2.10. The molecule has 0 saturated heterocycles. The predicted octanol–water partition coefficient (Wildman–Crippen LogP) is 3.42. The van der Waals surface area contributed by atoms with Gasteiger partial charge in [-0.15, -0.1) is 0 Å². The van der Waals surface area contributed by atoms with Crippen molar-refractivity contribution in [3.05, 3.63) is 32.0 Å². The van der Waals surface area contributed by atoms with Gasteiger partial charge >= 0.3 is 11.9 Å². The molecule has 0 unspecified atom stereocenters. The molecule has 0 aliphatic carbocycles. The number of benzene rings is 1. The monoisotopic (exact) mass is 386 g/mol. The number of alkyl halides is 3. The molecule has 0 atom stereocenters. The molecule has 0 bridgehead atoms. The van der Waals surface area contributed by atoms with Crippen LogP contribution in [-0.4, -0.2) is 20.8 Å². The number of halogens is 4. The Kier molecular flexibility index (Phi) is 3.32. The molecule has 0 fully saturated rings. The zero-order valence-corrected chi connectivity index (χ0v) is 11.3. The van der Waals surface area contributed by atoms with E-state index in [0.29, 0.717) is 0 Å². The van der Waals surface area contributed by atoms with Gasteiger partial charge in [-0.05, 0) is 40.8 Å². The Morgan fingerprint density at radius 3 is 2.58 bits per heavy atom. The summed E-state index contributed by atoms with van der Waals surface area (Å²) in [6, 6.07) is 3.49. The molecule has 19 heavy (non-hydrogen) atoms. The Bertz CT molecular complexity index is 666. The Labute approximate surface area is 117 Å². The zero-order valence-electron chi connectivity index (χ0n) is 9.11. The molecule has 1 heterocycles. The van der Waals surface area contributed by atoms with Crippen molar-refractivity contribution in [3.8, 4) is 5.75 Å². The maximum Gasteiger partial charge on any atom is 0.406 e. The van der Waals surface area contributed by atoms with Gasteiger partial charge in [0.1, 0.15) is 6.54 Å². The summed E-state index contributed by atoms with van der Waals surface area (Å²) >= 11 is 1.66. The fourth-order valence-corrected chi connectivity index (χ4v) is 2.55. The number of rotatable bonds is 2. The van der Waals surface area contributed by atoms with E-state index in [1.165, 1.54) is 12.1 Å². The van der Waals surface area contributed by atoms with Gasteiger partial charge in [-0.2, -0.15) is 13.2 Å². The van der Waals surface area contributed by atoms with Gasteiger partial charge in [0.25, 0.3) is 0 Å². The first kappa shape index (κ1) is 13.9. The second-order valence-electron chi connectivity index (χ2n) is 3.79. The summed E-state index contributed by atoms with van der Waals surface area (Å²) < 4.78 is 38.5. The van der Waals surface area contributed by atoms with Crippen molar-refractivity contribution in [2.24, 2.45) is 0 Å². The third kappa shape index (κ3) is 2.60. The van der Waals surface area contributed by atoms with E-state index in [1.54, 1.807) is 22.6 Å². The number of hydrogen-bond acceptors (Lipinski definition) is 3. The summed E-state index contributed by atoms with van der Waals surface area (Å²) in [6.45, 7) is -1.24. The smallest absolute Gasteiger partial charge is 0.406 e. The van der Waals surface area contributed by atoms with E-state index < -0.39 is 29.1 Å². The summed E-state index contributed by atoms with van der Waals surface area (Å²) in [4.78, 5) is 10.0. The quantitative estimate of drug-likeness (QED) is 0.489. The van der Waals surface area contributed by atoms with Crippen LogP contribution >= 0.6 is 22.6 Å². The Morgan fingerprint density at radius 1 is 1.42 bits per heavy atom. The number of nitro benzene ring substituents is 1. The number of hydrogen-bond donors (Lipinski definition) is 1. The fraction of sp³-hybridized carbons (Fsp3) is 0.200. The first-order valence-corrected chi connectivity index (χ1v) is 6.00. The highest BCUT2D eigenvalue weighted by Crippen LogP contribution is 2.37. The second kappa shape index (κ2) is 4.54. The van der Waals surface area contributed by atoms with Crippen molar-refractivity contribution in [2.45, 2.75) is 12.7 Å². The number of aromatic nitrogens is 1. The minimum atomic E-state index is -4.43. The lowest BCUT2D eigenvalue weighted by molar-refractivity contribution is -0.384. The van der Waals surface area contributed by atoms with Gasteiger partial charge in [-0.25, -0.2) is 0 Å². The molecule has 1 aromatic carbocycles. The van der Waals surface area contributed by atoms with E-state index in [4.69, 9.17) is 0 Å². The SMILES string of the molecule is O=[N+]([O-])c1c(O)ccc2c1cc(I)n2CC(F)(F)F. The van der Waals surface area contributed by atoms with E-state index in [9.17, 15) is 28.4 Å². The molecular weight excluding hydrogens is 380 g/mol. The number of phenols is 1. The maximum absolute atomic E-state index is 12.5. The van der Waals surface area contributed by atoms with Crippen molar-refractivity contribution in [1.29, 1.82) is 0 Å². The maximum atomic E-state index is 12.5. The van der Waals surface area contributed by atoms with Gasteiger partial charge in [0.2, 0.25) is 0 Å². The minimum Gasteiger partial charge on any atom is -0.502 e. The molecular formula is C10H6F3IN2O3. The first-order valence-electron chi connectivity index (χ1n) is 4.92. The van der Waals surface area contributed by atoms with Crippen molar-refractivity contribution in [3.63, 3.8) is 0 Å². The van der Waals surface area contributed by atoms with Crippen LogP contribution in [0, 0.1) is 13.8 Å². The van der Waals surface area contributed by atoms with Crippen LogP contribution in [0.15, 0.2) is 18.2 Å². The molecule has 1 N–H and O–H groups in total. The molecule has 0 saturated carbocycles. The largest absolute Gasteiger partial charge is 0.502 e. The van der Waals surface area contributed by atoms with Crippen LogP contribution in [-0.2, 0) is 6.54 Å². The van der Waals surface area contributed by atoms with Gasteiger partial charge < -0.3 is 9.67 Å². The Hall–Kier alpha value is -1.52. The summed E-state index contributed by atoms with van der Waals surface area (Å²) in [5.74, 6) is -0.571. The van der Waals surface area contributed by atoms with Gasteiger partial charge in [0, 0.05) is 0 Å². The van der Waals surface area contributed by atoms with Gasteiger partial charge in [-0.3, -0.25) is 10.1 Å². The molecule has 0 amide bonds. The third-order valence-electron chi connectivity index (χ3n) is 2.50. The van der Waals surface area contributed by atoms with E-state index in [0.717, 1.165) is 10.6 Å². The second-order valence-corrected chi connectivity index (χ2v) is 4.90. The van der Waals surface area contributed by atoms with E-state index in [2.05, 4.69) is 0 Å². The minimum absolute atomic E-state index is 0.0151. The van der Waals surface area contributed by atoms with Crippen LogP contribution in [0.25, 0.3) is 10.9 Å². The molecule has 0 spiro atoms. The molecule has 5 nitrogen and oxygen atoms in total. The van der Waals surface area contributed by atoms with E-state index in [1.807, 2.05) is 0 Å². The standard InChI is InChI=1S/C10H6F3IN2O3/c11-10(12,13)4-15-6-1-2-7(17)9(16(18)19)5(6)3-8(15)14/h1-3,17H,4H2. The molecule has 1 aromatic heterocycles. The third-order valence-corrected chi connectivity index (χ3v) is 3.40. The summed E-state index contributed by atoms with van der Waals surface area (Å²) in [5, 5.41) is 20.3. The number of phenolic OH excluding ortho intramolecular Hbond substituents is 1. The number of fused-ring (bicyclic) bond motifs is 1. The number of nitrogens with zero attached hydrogens (tertiary/aromatic N) is 2. The molecule has 102 valence electrons. The fourth-order valence-electron chi connectivity index (χ4n) is 1.81. The average Bonchev–Trinajstić information content (AvgIpc) is 2.52. The van der Waals surface area contributed by atoms with Crippen LogP contribution in [0.2, 0.25) is 0 Å². The highest BCUT2D eigenvalue weighted by molar-refractivity contribution is 14.1. The van der Waals surface area contributed by atoms with Crippen LogP contribution < -0.4 is 0 Å². The molecule has 2 aromatic rings. The lowest BCUT2D eigenvalue weighted by Crippen LogP contribution is -2.18. The Morgan fingerprint density at radius 2 is 2.05 bits per heavy atom. The first-order chi connectivity index (χ1) is 8.70. The topological polar surface area (TPSA) is 68.3 Å². The number of nitro groups is 1. The highest BCUT2D eigenvalue weighted by Gasteiger charge is 2.31. The predicted molar refractivity (Wildman–Crippen MR) is 69.0 cm³/mol. The van der Waals surface area contributed by atoms with Crippen molar-refractivity contribution < 1.29 is 23.2 Å². The normalized spacial score (nSPS) is 12.0.